The molecule has 0 heterocycles. The summed E-state index contributed by atoms with van der Waals surface area (Å²) in [6, 6.07) is 0. The van der Waals surface area contributed by atoms with Crippen molar-refractivity contribution in [3.63, 3.8) is 0 Å². The average Bonchev–Trinajstić information content (AvgIpc) is 3.50. The third-order valence-electron chi connectivity index (χ3n) is 14.6. The van der Waals surface area contributed by atoms with Crippen molar-refractivity contribution in [2.45, 2.75) is 322 Å². The topological polar surface area (TPSA) is 78.9 Å². The Balaban J connectivity index is 4.45. The third-order valence-corrected chi connectivity index (χ3v) is 14.6. The van der Waals surface area contributed by atoms with E-state index in [-0.39, 0.29) is 31.1 Å². The van der Waals surface area contributed by atoms with Gasteiger partial charge in [0.1, 0.15) is 13.2 Å². The Morgan fingerprint density at radius 3 is 0.759 bits per heavy atom. The van der Waals surface area contributed by atoms with Crippen LogP contribution >= 0.6 is 0 Å². The summed E-state index contributed by atoms with van der Waals surface area (Å²) in [5.74, 6) is -0.924. The number of rotatable bonds is 62. The molecule has 6 heteroatoms. The number of carbonyl (C=O) groups is 3. The Kier molecular flexibility index (Phi) is 66.3. The van der Waals surface area contributed by atoms with Gasteiger partial charge in [-0.05, 0) is 141 Å². The first kappa shape index (κ1) is 78.5. The highest BCUT2D eigenvalue weighted by atomic mass is 16.6. The maximum atomic E-state index is 13.0. The van der Waals surface area contributed by atoms with Crippen molar-refractivity contribution in [1.82, 2.24) is 0 Å². The molecule has 472 valence electrons. The molecule has 1 unspecified atom stereocenters. The lowest BCUT2D eigenvalue weighted by molar-refractivity contribution is -0.167. The van der Waals surface area contributed by atoms with E-state index in [2.05, 4.69) is 154 Å². The van der Waals surface area contributed by atoms with Crippen LogP contribution in [0.5, 0.6) is 0 Å². The first-order valence-corrected chi connectivity index (χ1v) is 34.7. The molecule has 0 rings (SSSR count). The number of hydrogen-bond acceptors (Lipinski definition) is 6. The number of unbranched alkanes of at least 4 members (excludes halogenated alkanes) is 29. The SMILES string of the molecule is CC/C=C\C/C=C\C/C=C\C/C=C\C/C=C\CCCCCCCC(=O)OC(COC(=O)CCCCCCCC/C=C\C/C=C\C/C=C\CCCCC)COC(=O)CCCCCCCCCCCC/C=C\C/C=C\C/C=C\CCCCCCC. The van der Waals surface area contributed by atoms with E-state index in [0.29, 0.717) is 19.3 Å². The summed E-state index contributed by atoms with van der Waals surface area (Å²) in [6.45, 7) is 6.48. The van der Waals surface area contributed by atoms with Gasteiger partial charge in [-0.3, -0.25) is 14.4 Å². The van der Waals surface area contributed by atoms with Gasteiger partial charge in [-0.15, -0.1) is 0 Å². The summed E-state index contributed by atoms with van der Waals surface area (Å²) in [5, 5.41) is 0. The molecular formula is C77H128O6. The van der Waals surface area contributed by atoms with E-state index in [1.54, 1.807) is 0 Å². The van der Waals surface area contributed by atoms with Gasteiger partial charge in [0.2, 0.25) is 0 Å². The summed E-state index contributed by atoms with van der Waals surface area (Å²) in [6.07, 6.45) is 98.8. The van der Waals surface area contributed by atoms with Gasteiger partial charge >= 0.3 is 17.9 Å². The van der Waals surface area contributed by atoms with Gasteiger partial charge < -0.3 is 14.2 Å². The fraction of sp³-hybridized carbons (Fsp3) is 0.675. The van der Waals surface area contributed by atoms with E-state index in [1.165, 1.54) is 128 Å². The van der Waals surface area contributed by atoms with E-state index in [9.17, 15) is 14.4 Å². The van der Waals surface area contributed by atoms with Gasteiger partial charge in [-0.1, -0.05) is 289 Å². The Morgan fingerprint density at radius 2 is 0.470 bits per heavy atom. The highest BCUT2D eigenvalue weighted by molar-refractivity contribution is 5.71. The van der Waals surface area contributed by atoms with E-state index >= 15 is 0 Å². The molecule has 0 N–H and O–H groups in total. The maximum absolute atomic E-state index is 13.0. The van der Waals surface area contributed by atoms with Crippen molar-refractivity contribution < 1.29 is 28.6 Å². The minimum absolute atomic E-state index is 0.0958. The van der Waals surface area contributed by atoms with Gasteiger partial charge in [0, 0.05) is 19.3 Å². The Labute approximate surface area is 513 Å². The fourth-order valence-electron chi connectivity index (χ4n) is 9.43. The lowest BCUT2D eigenvalue weighted by Gasteiger charge is -2.18. The zero-order valence-corrected chi connectivity index (χ0v) is 54.2. The molecule has 0 aliphatic heterocycles. The molecule has 0 fully saturated rings. The van der Waals surface area contributed by atoms with Crippen LogP contribution in [0.1, 0.15) is 316 Å². The van der Waals surface area contributed by atoms with Crippen molar-refractivity contribution in [3.8, 4) is 0 Å². The monoisotopic (exact) mass is 1150 g/mol. The van der Waals surface area contributed by atoms with Crippen LogP contribution in [0, 0.1) is 0 Å². The lowest BCUT2D eigenvalue weighted by atomic mass is 10.1. The second-order valence-corrected chi connectivity index (χ2v) is 22.7. The van der Waals surface area contributed by atoms with Crippen LogP contribution in [0.3, 0.4) is 0 Å². The number of allylic oxidation sites excluding steroid dienone is 22. The molecule has 0 aromatic heterocycles. The van der Waals surface area contributed by atoms with Crippen molar-refractivity contribution in [1.29, 1.82) is 0 Å². The molecule has 0 aromatic carbocycles. The molecule has 83 heavy (non-hydrogen) atoms. The molecular weight excluding hydrogens is 1020 g/mol. The smallest absolute Gasteiger partial charge is 0.306 e. The average molecular weight is 1150 g/mol. The molecule has 0 aromatic rings. The quantitative estimate of drug-likeness (QED) is 0.0261. The third kappa shape index (κ3) is 68.2. The number of ether oxygens (including phenoxy) is 3. The first-order valence-electron chi connectivity index (χ1n) is 34.7. The molecule has 0 aliphatic carbocycles. The van der Waals surface area contributed by atoms with Gasteiger partial charge in [0.25, 0.3) is 0 Å². The van der Waals surface area contributed by atoms with Gasteiger partial charge in [0.05, 0.1) is 0 Å². The minimum Gasteiger partial charge on any atom is -0.462 e. The van der Waals surface area contributed by atoms with E-state index in [0.717, 1.165) is 148 Å². The Morgan fingerprint density at radius 1 is 0.253 bits per heavy atom. The molecule has 6 nitrogen and oxygen atoms in total. The maximum Gasteiger partial charge on any atom is 0.306 e. The number of esters is 3. The van der Waals surface area contributed by atoms with E-state index < -0.39 is 6.10 Å². The number of carbonyl (C=O) groups excluding carboxylic acids is 3. The van der Waals surface area contributed by atoms with Gasteiger partial charge in [-0.25, -0.2) is 0 Å². The summed E-state index contributed by atoms with van der Waals surface area (Å²) < 4.78 is 17.0. The molecule has 0 spiro atoms. The van der Waals surface area contributed by atoms with Crippen LogP contribution < -0.4 is 0 Å². The predicted octanol–water partition coefficient (Wildman–Crippen LogP) is 24.1. The van der Waals surface area contributed by atoms with Gasteiger partial charge in [0.15, 0.2) is 6.10 Å². The van der Waals surface area contributed by atoms with Crippen molar-refractivity contribution in [2.24, 2.45) is 0 Å². The van der Waals surface area contributed by atoms with Crippen LogP contribution in [-0.2, 0) is 28.6 Å². The molecule has 0 amide bonds. The molecule has 0 bridgehead atoms. The molecule has 0 aliphatic rings. The van der Waals surface area contributed by atoms with Crippen LogP contribution in [0.4, 0.5) is 0 Å². The number of hydrogen-bond donors (Lipinski definition) is 0. The largest absolute Gasteiger partial charge is 0.462 e. The predicted molar refractivity (Wildman–Crippen MR) is 362 cm³/mol. The normalized spacial score (nSPS) is 13.0. The van der Waals surface area contributed by atoms with Crippen LogP contribution in [-0.4, -0.2) is 37.2 Å². The van der Waals surface area contributed by atoms with Gasteiger partial charge in [-0.2, -0.15) is 0 Å². The second kappa shape index (κ2) is 70.0. The van der Waals surface area contributed by atoms with Crippen molar-refractivity contribution >= 4 is 17.9 Å². The molecule has 1 atom stereocenters. The molecule has 0 saturated carbocycles. The minimum atomic E-state index is -0.804. The van der Waals surface area contributed by atoms with Crippen molar-refractivity contribution in [2.75, 3.05) is 13.2 Å². The summed E-state index contributed by atoms with van der Waals surface area (Å²) in [5.41, 5.74) is 0. The van der Waals surface area contributed by atoms with Crippen LogP contribution in [0.15, 0.2) is 134 Å². The van der Waals surface area contributed by atoms with Crippen LogP contribution in [0.25, 0.3) is 0 Å². The highest BCUT2D eigenvalue weighted by Crippen LogP contribution is 2.16. The molecule has 0 radical (unpaired) electrons. The summed E-state index contributed by atoms with van der Waals surface area (Å²) in [7, 11) is 0. The second-order valence-electron chi connectivity index (χ2n) is 22.7. The zero-order chi connectivity index (χ0) is 59.9. The molecule has 0 saturated heterocycles. The Hall–Kier alpha value is -4.45. The van der Waals surface area contributed by atoms with Crippen LogP contribution in [0.2, 0.25) is 0 Å². The Bertz CT molecular complexity index is 1750. The lowest BCUT2D eigenvalue weighted by Crippen LogP contribution is -2.30. The summed E-state index contributed by atoms with van der Waals surface area (Å²) >= 11 is 0. The van der Waals surface area contributed by atoms with E-state index in [1.807, 2.05) is 0 Å². The zero-order valence-electron chi connectivity index (χ0n) is 54.2. The highest BCUT2D eigenvalue weighted by Gasteiger charge is 2.19. The summed E-state index contributed by atoms with van der Waals surface area (Å²) in [4.78, 5) is 38.5. The first-order chi connectivity index (χ1) is 41.0. The standard InChI is InChI=1S/C77H128O6/c1-4-7-10-13-16-19-22-25-28-31-34-36-37-38-39-41-43-46-49-52-55-58-61-64-67-70-76(79)82-73-74(72-81-75(78)69-66-63-60-57-54-51-48-45-42-33-30-27-24-21-18-15-12-9-6-3)83-77(80)71-68-65-62-59-56-53-50-47-44-40-35-32-29-26-23-20-17-14-11-8-5-2/h8,11,17-18,20-22,25-27,29-31,34-35,37-38,40,42,45,47,50,74H,4-7,9-10,12-16,19,23-24,28,32-33,36,39,41,43-44,46,48-49,51-73H2,1-3H3/b11-8-,20-17-,21-18-,25-22-,29-26-,30-27-,34-31-,38-37-,40-35-,45-42-,50-47-. The van der Waals surface area contributed by atoms with E-state index in [4.69, 9.17) is 14.2 Å². The van der Waals surface area contributed by atoms with Crippen molar-refractivity contribution in [3.05, 3.63) is 134 Å². The fourth-order valence-corrected chi connectivity index (χ4v) is 9.43.